The number of benzene rings is 2. The molecule has 2 aromatic carbocycles. The van der Waals surface area contributed by atoms with E-state index in [0.717, 1.165) is 27.4 Å². The van der Waals surface area contributed by atoms with Crippen molar-refractivity contribution in [2.24, 2.45) is 0 Å². The number of ketones is 1. The molecule has 210 valence electrons. The van der Waals surface area contributed by atoms with Gasteiger partial charge in [0.05, 0.1) is 22.2 Å². The fourth-order valence-corrected chi connectivity index (χ4v) is 6.69. The number of aryl methyl sites for hydroxylation is 2. The van der Waals surface area contributed by atoms with Gasteiger partial charge in [-0.05, 0) is 37.1 Å². The highest BCUT2D eigenvalue weighted by Crippen LogP contribution is 2.45. The lowest BCUT2D eigenvalue weighted by molar-refractivity contribution is -0.384. The van der Waals surface area contributed by atoms with E-state index >= 15 is 0 Å². The molecule has 1 aliphatic heterocycles. The normalized spacial score (nSPS) is 16.4. The lowest BCUT2D eigenvalue weighted by Gasteiger charge is -2.22. The fraction of sp³-hybridized carbons (Fsp3) is 0.138. The number of Topliss-reactive ketones (excluding diaryl/α,β-unsaturated/α-hetero) is 1. The molecule has 3 aromatic heterocycles. The number of hydrogen-bond donors (Lipinski definition) is 1. The van der Waals surface area contributed by atoms with Gasteiger partial charge >= 0.3 is 5.91 Å². The number of pyridine rings is 1. The Labute approximate surface area is 247 Å². The third kappa shape index (κ3) is 4.82. The topological polar surface area (TPSA) is 144 Å². The summed E-state index contributed by atoms with van der Waals surface area (Å²) in [4.78, 5) is 43.8. The number of aromatic nitrogens is 4. The lowest BCUT2D eigenvalue weighted by Crippen LogP contribution is -2.29. The Morgan fingerprint density at radius 1 is 1.07 bits per heavy atom. The fourth-order valence-electron chi connectivity index (χ4n) is 4.87. The Morgan fingerprint density at radius 2 is 1.86 bits per heavy atom. The van der Waals surface area contributed by atoms with Crippen LogP contribution in [0.15, 0.2) is 82.8 Å². The summed E-state index contributed by atoms with van der Waals surface area (Å²) in [5.74, 6) is -1.69. The molecule has 1 saturated heterocycles. The summed E-state index contributed by atoms with van der Waals surface area (Å²) in [6, 6.07) is 17.8. The van der Waals surface area contributed by atoms with E-state index in [0.29, 0.717) is 21.4 Å². The first-order valence-corrected chi connectivity index (χ1v) is 14.5. The number of imidazole rings is 1. The molecule has 5 aromatic rings. The van der Waals surface area contributed by atoms with E-state index in [4.69, 9.17) is 0 Å². The van der Waals surface area contributed by atoms with Gasteiger partial charge in [-0.15, -0.1) is 10.2 Å². The Bertz CT molecular complexity index is 1910. The number of nitrogens with zero attached hydrogens (tertiary/aromatic N) is 6. The molecule has 1 atom stereocenters. The zero-order chi connectivity index (χ0) is 29.5. The quantitative estimate of drug-likeness (QED) is 0.0479. The van der Waals surface area contributed by atoms with Gasteiger partial charge in [0, 0.05) is 24.1 Å². The van der Waals surface area contributed by atoms with Gasteiger partial charge in [-0.3, -0.25) is 29.0 Å². The zero-order valence-electron chi connectivity index (χ0n) is 22.3. The average Bonchev–Trinajstić information content (AvgIpc) is 3.66. The smallest absolute Gasteiger partial charge is 0.301 e. The zero-order valence-corrected chi connectivity index (χ0v) is 23.9. The molecule has 1 aliphatic rings. The minimum absolute atomic E-state index is 0.133. The van der Waals surface area contributed by atoms with E-state index in [1.165, 1.54) is 30.0 Å². The molecule has 13 heteroatoms. The number of fused-ring (bicyclic) bond motifs is 1. The van der Waals surface area contributed by atoms with Crippen molar-refractivity contribution in [3.8, 4) is 0 Å². The van der Waals surface area contributed by atoms with Gasteiger partial charge in [-0.25, -0.2) is 4.98 Å². The number of carbonyl (C=O) groups excluding carboxylic acids is 2. The van der Waals surface area contributed by atoms with E-state index in [1.54, 1.807) is 41.8 Å². The number of rotatable bonds is 7. The van der Waals surface area contributed by atoms with Gasteiger partial charge in [-0.1, -0.05) is 71.1 Å². The number of nitro groups is 1. The van der Waals surface area contributed by atoms with Crippen molar-refractivity contribution in [2.45, 2.75) is 30.0 Å². The van der Waals surface area contributed by atoms with E-state index in [2.05, 4.69) is 15.2 Å². The third-order valence-corrected chi connectivity index (χ3v) is 8.98. The molecule has 1 amide bonds. The second-order valence-electron chi connectivity index (χ2n) is 9.62. The summed E-state index contributed by atoms with van der Waals surface area (Å²) in [5.41, 5.74) is 3.27. The maximum atomic E-state index is 13.6. The molecule has 0 spiro atoms. The summed E-state index contributed by atoms with van der Waals surface area (Å²) in [6.07, 6.45) is 1.69. The molecule has 1 unspecified atom stereocenters. The monoisotopic (exact) mass is 598 g/mol. The Morgan fingerprint density at radius 3 is 2.62 bits per heavy atom. The standard InChI is InChI=1S/C29H22N6O5S2/c1-16-9-11-18(12-10-16)15-41-29-32-31-28(42-29)34-24(19-6-5-7-20(14-19)35(39)40)22(26(37)27(34)38)25(36)23-17(2)30-21-8-3-4-13-33(21)23/h3-14,24,36H,15H2,1-2H3. The number of amides is 1. The summed E-state index contributed by atoms with van der Waals surface area (Å²) < 4.78 is 2.19. The van der Waals surface area contributed by atoms with Crippen molar-refractivity contribution in [1.29, 1.82) is 0 Å². The van der Waals surface area contributed by atoms with Crippen LogP contribution in [0, 0.1) is 24.0 Å². The molecule has 0 bridgehead atoms. The van der Waals surface area contributed by atoms with Gasteiger partial charge in [0.15, 0.2) is 10.1 Å². The minimum Gasteiger partial charge on any atom is -0.505 e. The van der Waals surface area contributed by atoms with E-state index < -0.39 is 28.4 Å². The Hall–Kier alpha value is -4.88. The van der Waals surface area contributed by atoms with Crippen LogP contribution in [0.5, 0.6) is 0 Å². The SMILES string of the molecule is Cc1ccc(CSc2nnc(N3C(=O)C(=O)C(=C(O)c4c(C)nc5ccccn45)C3c3cccc([N+](=O)[O-])c3)s2)cc1. The van der Waals surface area contributed by atoms with Crippen LogP contribution in [-0.4, -0.2) is 41.3 Å². The van der Waals surface area contributed by atoms with Crippen LogP contribution in [0.2, 0.25) is 0 Å². The molecular weight excluding hydrogens is 576 g/mol. The molecule has 1 fully saturated rings. The van der Waals surface area contributed by atoms with E-state index in [-0.39, 0.29) is 27.6 Å². The molecule has 11 nitrogen and oxygen atoms in total. The molecule has 0 radical (unpaired) electrons. The number of nitro benzene ring substituents is 1. The Balaban J connectivity index is 1.46. The first-order chi connectivity index (χ1) is 20.2. The van der Waals surface area contributed by atoms with Crippen LogP contribution in [-0.2, 0) is 15.3 Å². The van der Waals surface area contributed by atoms with Crippen molar-refractivity contribution in [2.75, 3.05) is 4.90 Å². The molecule has 0 aliphatic carbocycles. The van der Waals surface area contributed by atoms with Crippen LogP contribution >= 0.6 is 23.1 Å². The average molecular weight is 599 g/mol. The molecule has 0 saturated carbocycles. The molecule has 6 rings (SSSR count). The third-order valence-electron chi connectivity index (χ3n) is 6.85. The molecular formula is C29H22N6O5S2. The second-order valence-corrected chi connectivity index (χ2v) is 11.8. The van der Waals surface area contributed by atoms with Crippen LogP contribution < -0.4 is 4.90 Å². The number of carbonyl (C=O) groups is 2. The highest BCUT2D eigenvalue weighted by Gasteiger charge is 2.49. The van der Waals surface area contributed by atoms with Gasteiger partial charge < -0.3 is 5.11 Å². The van der Waals surface area contributed by atoms with Crippen molar-refractivity contribution >= 4 is 57.0 Å². The van der Waals surface area contributed by atoms with Crippen LogP contribution in [0.25, 0.3) is 11.4 Å². The number of aliphatic hydroxyl groups excluding tert-OH is 1. The molecule has 4 heterocycles. The van der Waals surface area contributed by atoms with Crippen LogP contribution in [0.3, 0.4) is 0 Å². The van der Waals surface area contributed by atoms with Crippen LogP contribution in [0.1, 0.15) is 34.1 Å². The molecule has 42 heavy (non-hydrogen) atoms. The summed E-state index contributed by atoms with van der Waals surface area (Å²) in [6.45, 7) is 3.69. The predicted molar refractivity (Wildman–Crippen MR) is 158 cm³/mol. The van der Waals surface area contributed by atoms with Gasteiger partial charge in [0.25, 0.3) is 11.5 Å². The first kappa shape index (κ1) is 27.3. The molecule has 1 N–H and O–H groups in total. The number of thioether (sulfide) groups is 1. The largest absolute Gasteiger partial charge is 0.505 e. The summed E-state index contributed by atoms with van der Waals surface area (Å²) in [7, 11) is 0. The summed E-state index contributed by atoms with van der Waals surface area (Å²) in [5, 5.41) is 31.8. The van der Waals surface area contributed by atoms with Crippen molar-refractivity contribution in [1.82, 2.24) is 19.6 Å². The van der Waals surface area contributed by atoms with Gasteiger partial charge in [0.1, 0.15) is 11.3 Å². The number of anilines is 1. The maximum absolute atomic E-state index is 13.6. The predicted octanol–water partition coefficient (Wildman–Crippen LogP) is 5.63. The minimum atomic E-state index is -1.19. The maximum Gasteiger partial charge on any atom is 0.301 e. The highest BCUT2D eigenvalue weighted by molar-refractivity contribution is 8.00. The first-order valence-electron chi connectivity index (χ1n) is 12.7. The Kier molecular flexibility index (Phi) is 7.04. The highest BCUT2D eigenvalue weighted by atomic mass is 32.2. The van der Waals surface area contributed by atoms with E-state index in [1.807, 2.05) is 31.2 Å². The van der Waals surface area contributed by atoms with Gasteiger partial charge in [0.2, 0.25) is 5.13 Å². The lowest BCUT2D eigenvalue weighted by atomic mass is 9.96. The second kappa shape index (κ2) is 10.8. The van der Waals surface area contributed by atoms with Crippen molar-refractivity contribution < 1.29 is 19.6 Å². The number of aliphatic hydroxyl groups is 1. The number of non-ortho nitro benzene ring substituents is 1. The number of hydrogen-bond acceptors (Lipinski definition) is 10. The van der Waals surface area contributed by atoms with Crippen molar-refractivity contribution in [3.63, 3.8) is 0 Å². The van der Waals surface area contributed by atoms with E-state index in [9.17, 15) is 24.8 Å². The van der Waals surface area contributed by atoms with Gasteiger partial charge in [-0.2, -0.15) is 0 Å². The summed E-state index contributed by atoms with van der Waals surface area (Å²) >= 11 is 2.55. The van der Waals surface area contributed by atoms with Crippen LogP contribution in [0.4, 0.5) is 10.8 Å². The van der Waals surface area contributed by atoms with Crippen molar-refractivity contribution in [3.05, 3.63) is 117 Å².